The van der Waals surface area contributed by atoms with Crippen molar-refractivity contribution in [2.45, 2.75) is 19.3 Å². The van der Waals surface area contributed by atoms with Crippen LogP contribution in [0.4, 0.5) is 0 Å². The maximum Gasteiger partial charge on any atom is 0.0973 e. The first-order valence-corrected chi connectivity index (χ1v) is 19.7. The number of rotatable bonds is 4. The van der Waals surface area contributed by atoms with Crippen LogP contribution in [0.1, 0.15) is 25.0 Å². The summed E-state index contributed by atoms with van der Waals surface area (Å²) in [5, 5.41) is 4.91. The summed E-state index contributed by atoms with van der Waals surface area (Å²) in [5.74, 6) is 0. The lowest BCUT2D eigenvalue weighted by molar-refractivity contribution is 0.660. The molecule has 3 heterocycles. The van der Waals surface area contributed by atoms with Gasteiger partial charge in [-0.3, -0.25) is 0 Å². The normalized spacial score (nSPS) is 13.2. The predicted molar refractivity (Wildman–Crippen MR) is 237 cm³/mol. The number of aromatic nitrogens is 4. The Kier molecular flexibility index (Phi) is 6.65. The Balaban J connectivity index is 1.09. The van der Waals surface area contributed by atoms with Gasteiger partial charge in [0.1, 0.15) is 0 Å². The van der Waals surface area contributed by atoms with Crippen molar-refractivity contribution in [3.05, 3.63) is 193 Å². The summed E-state index contributed by atoms with van der Waals surface area (Å²) in [7, 11) is 0. The quantitative estimate of drug-likeness (QED) is 0.181. The number of fused-ring (bicyclic) bond motifs is 10. The molecule has 0 N–H and O–H groups in total. The van der Waals surface area contributed by atoms with E-state index >= 15 is 0 Å². The van der Waals surface area contributed by atoms with Crippen LogP contribution in [0.15, 0.2) is 182 Å². The Morgan fingerprint density at radius 1 is 0.368 bits per heavy atom. The van der Waals surface area contributed by atoms with Gasteiger partial charge < -0.3 is 9.13 Å². The fourth-order valence-electron chi connectivity index (χ4n) is 9.61. The minimum Gasteiger partial charge on any atom is -0.309 e. The second kappa shape index (κ2) is 11.8. The molecule has 0 bridgehead atoms. The highest BCUT2D eigenvalue weighted by molar-refractivity contribution is 6.19. The third-order valence-corrected chi connectivity index (χ3v) is 12.3. The highest BCUT2D eigenvalue weighted by Crippen LogP contribution is 2.50. The average Bonchev–Trinajstić information content (AvgIpc) is 3.85. The number of nitrogens with zero attached hydrogens (tertiary/aromatic N) is 4. The Morgan fingerprint density at radius 2 is 0.895 bits per heavy atom. The van der Waals surface area contributed by atoms with E-state index in [1.165, 1.54) is 66.0 Å². The van der Waals surface area contributed by atoms with Gasteiger partial charge in [0.2, 0.25) is 0 Å². The standard InChI is InChI=1S/C53H36N4/c1-53(2)43-22-9-6-19-37(43)38-28-27-36(30-44(38)53)57-48-26-13-8-21-40(48)42-31-49-41(32-50(42)57)39-20-7-12-25-47(39)56(49)35-18-14-17-34(29-35)52-51(33-15-4-3-5-16-33)54-45-23-10-11-24-46(45)55-52/h3-32H,1-2H3. The first-order chi connectivity index (χ1) is 28.0. The van der Waals surface area contributed by atoms with E-state index < -0.39 is 0 Å². The second-order valence-corrected chi connectivity index (χ2v) is 15.8. The highest BCUT2D eigenvalue weighted by atomic mass is 15.0. The third kappa shape index (κ3) is 4.62. The lowest BCUT2D eigenvalue weighted by Gasteiger charge is -2.22. The van der Waals surface area contributed by atoms with Crippen molar-refractivity contribution in [3.8, 4) is 45.0 Å². The molecule has 0 unspecified atom stereocenters. The van der Waals surface area contributed by atoms with Crippen molar-refractivity contribution in [1.29, 1.82) is 0 Å². The van der Waals surface area contributed by atoms with Gasteiger partial charge in [-0.25, -0.2) is 9.97 Å². The van der Waals surface area contributed by atoms with Crippen LogP contribution in [0, 0.1) is 0 Å². The van der Waals surface area contributed by atoms with Crippen molar-refractivity contribution in [2.24, 2.45) is 0 Å². The van der Waals surface area contributed by atoms with Crippen LogP contribution in [0.5, 0.6) is 0 Å². The maximum atomic E-state index is 5.24. The molecule has 57 heavy (non-hydrogen) atoms. The SMILES string of the molecule is CC1(C)c2ccccc2-c2ccc(-n3c4ccccc4c4cc5c(cc43)c3ccccc3n5-c3cccc(-c4nc5ccccc5nc4-c4ccccc4)c3)cc21. The zero-order valence-electron chi connectivity index (χ0n) is 31.6. The van der Waals surface area contributed by atoms with Crippen LogP contribution in [0.25, 0.3) is 99.7 Å². The smallest absolute Gasteiger partial charge is 0.0973 e. The molecule has 0 amide bonds. The molecule has 0 saturated heterocycles. The van der Waals surface area contributed by atoms with E-state index in [-0.39, 0.29) is 5.41 Å². The van der Waals surface area contributed by atoms with Crippen molar-refractivity contribution in [1.82, 2.24) is 19.1 Å². The zero-order chi connectivity index (χ0) is 37.8. The van der Waals surface area contributed by atoms with Crippen LogP contribution in [0.3, 0.4) is 0 Å². The van der Waals surface area contributed by atoms with Crippen LogP contribution in [-0.2, 0) is 5.41 Å². The topological polar surface area (TPSA) is 35.6 Å². The van der Waals surface area contributed by atoms with Gasteiger partial charge in [0, 0.05) is 49.5 Å². The van der Waals surface area contributed by atoms with Gasteiger partial charge in [-0.15, -0.1) is 0 Å². The van der Waals surface area contributed by atoms with E-state index in [0.29, 0.717) is 0 Å². The van der Waals surface area contributed by atoms with Crippen molar-refractivity contribution in [2.75, 3.05) is 0 Å². The molecule has 0 aliphatic heterocycles. The minimum atomic E-state index is -0.0871. The lowest BCUT2D eigenvalue weighted by atomic mass is 9.82. The monoisotopic (exact) mass is 728 g/mol. The van der Waals surface area contributed by atoms with Crippen molar-refractivity contribution >= 4 is 54.6 Å². The van der Waals surface area contributed by atoms with E-state index in [9.17, 15) is 0 Å². The molecule has 0 fully saturated rings. The molecular formula is C53H36N4. The summed E-state index contributed by atoms with van der Waals surface area (Å²) in [6.07, 6.45) is 0. The molecule has 12 rings (SSSR count). The van der Waals surface area contributed by atoms with Crippen LogP contribution in [0.2, 0.25) is 0 Å². The summed E-state index contributed by atoms with van der Waals surface area (Å²) in [6.45, 7) is 4.71. The first-order valence-electron chi connectivity index (χ1n) is 19.7. The van der Waals surface area contributed by atoms with Gasteiger partial charge in [0.15, 0.2) is 0 Å². The van der Waals surface area contributed by atoms with Crippen molar-refractivity contribution in [3.63, 3.8) is 0 Å². The molecule has 1 aliphatic carbocycles. The average molecular weight is 729 g/mol. The van der Waals surface area contributed by atoms with Crippen LogP contribution < -0.4 is 0 Å². The second-order valence-electron chi connectivity index (χ2n) is 15.8. The Labute approximate surface area is 329 Å². The third-order valence-electron chi connectivity index (χ3n) is 12.3. The number of benzene rings is 8. The summed E-state index contributed by atoms with van der Waals surface area (Å²) < 4.78 is 4.89. The lowest BCUT2D eigenvalue weighted by Crippen LogP contribution is -2.15. The van der Waals surface area contributed by atoms with E-state index in [1.807, 2.05) is 30.3 Å². The van der Waals surface area contributed by atoms with Gasteiger partial charge in [0.05, 0.1) is 44.5 Å². The fraction of sp³-hybridized carbons (Fsp3) is 0.0566. The summed E-state index contributed by atoms with van der Waals surface area (Å²) in [5.41, 5.74) is 17.9. The molecule has 0 spiro atoms. The number of hydrogen-bond donors (Lipinski definition) is 0. The molecule has 268 valence electrons. The van der Waals surface area contributed by atoms with Gasteiger partial charge in [0.25, 0.3) is 0 Å². The Morgan fingerprint density at radius 3 is 1.58 bits per heavy atom. The fourth-order valence-corrected chi connectivity index (χ4v) is 9.61. The van der Waals surface area contributed by atoms with Gasteiger partial charge in [-0.2, -0.15) is 0 Å². The summed E-state index contributed by atoms with van der Waals surface area (Å²) in [6, 6.07) is 65.7. The van der Waals surface area contributed by atoms with Gasteiger partial charge in [-0.05, 0) is 82.9 Å². The highest BCUT2D eigenvalue weighted by Gasteiger charge is 2.35. The number of para-hydroxylation sites is 4. The van der Waals surface area contributed by atoms with E-state index in [2.05, 4.69) is 175 Å². The Bertz CT molecular complexity index is 3440. The van der Waals surface area contributed by atoms with E-state index in [1.54, 1.807) is 0 Å². The summed E-state index contributed by atoms with van der Waals surface area (Å²) >= 11 is 0. The molecule has 4 nitrogen and oxygen atoms in total. The van der Waals surface area contributed by atoms with E-state index in [4.69, 9.17) is 9.97 Å². The largest absolute Gasteiger partial charge is 0.309 e. The minimum absolute atomic E-state index is 0.0871. The molecular weight excluding hydrogens is 693 g/mol. The molecule has 1 aliphatic rings. The van der Waals surface area contributed by atoms with Gasteiger partial charge in [-0.1, -0.05) is 135 Å². The molecule has 0 atom stereocenters. The van der Waals surface area contributed by atoms with Crippen molar-refractivity contribution < 1.29 is 0 Å². The molecule has 0 radical (unpaired) electrons. The molecule has 11 aromatic rings. The van der Waals surface area contributed by atoms with Gasteiger partial charge >= 0.3 is 0 Å². The molecule has 8 aromatic carbocycles. The molecule has 4 heteroatoms. The Hall–Kier alpha value is -7.30. The molecule has 0 saturated carbocycles. The number of hydrogen-bond acceptors (Lipinski definition) is 2. The first kappa shape index (κ1) is 32.0. The summed E-state index contributed by atoms with van der Waals surface area (Å²) in [4.78, 5) is 10.4. The van der Waals surface area contributed by atoms with E-state index in [0.717, 1.165) is 44.8 Å². The van der Waals surface area contributed by atoms with Crippen LogP contribution in [-0.4, -0.2) is 19.1 Å². The predicted octanol–water partition coefficient (Wildman–Crippen LogP) is 13.5. The zero-order valence-corrected chi connectivity index (χ0v) is 31.6. The molecule has 3 aromatic heterocycles. The van der Waals surface area contributed by atoms with Crippen LogP contribution >= 0.6 is 0 Å². The maximum absolute atomic E-state index is 5.24.